The number of rotatable bonds is 7. The highest BCUT2D eigenvalue weighted by molar-refractivity contribution is 7.26. The van der Waals surface area contributed by atoms with E-state index in [1.807, 2.05) is 47.7 Å². The van der Waals surface area contributed by atoms with Gasteiger partial charge in [-0.05, 0) is 52.1 Å². The molecule has 0 unspecified atom stereocenters. The summed E-state index contributed by atoms with van der Waals surface area (Å²) in [7, 11) is 0. The van der Waals surface area contributed by atoms with Crippen LogP contribution in [0.15, 0.2) is 218 Å². The molecule has 290 valence electrons. The van der Waals surface area contributed by atoms with E-state index in [-0.39, 0.29) is 0 Å². The largest absolute Gasteiger partial charge is 0.309 e. The Morgan fingerprint density at radius 2 is 0.839 bits per heavy atom. The van der Waals surface area contributed by atoms with Gasteiger partial charge in [-0.1, -0.05) is 194 Å². The fourth-order valence-electron chi connectivity index (χ4n) is 8.98. The SMILES string of the molecule is c1ccc(-c2ccc(-c3c(-c4nc(-c5ccccc5)nc(-c5ccccc5)n4)cccc3-n3c4ccccc4c4ccc(-c5cccc6c5sc5ccccc56)cc43)cc2)cc1. The van der Waals surface area contributed by atoms with Gasteiger partial charge in [0, 0.05) is 53.2 Å². The first-order valence-corrected chi connectivity index (χ1v) is 21.7. The van der Waals surface area contributed by atoms with Crippen molar-refractivity contribution in [2.45, 2.75) is 0 Å². The zero-order chi connectivity index (χ0) is 41.0. The van der Waals surface area contributed by atoms with E-state index in [0.717, 1.165) is 50.1 Å². The highest BCUT2D eigenvalue weighted by Gasteiger charge is 2.23. The van der Waals surface area contributed by atoms with Crippen LogP contribution < -0.4 is 0 Å². The van der Waals surface area contributed by atoms with Gasteiger partial charge in [-0.3, -0.25) is 0 Å². The summed E-state index contributed by atoms with van der Waals surface area (Å²) in [5, 5.41) is 4.98. The van der Waals surface area contributed by atoms with Crippen LogP contribution in [-0.4, -0.2) is 19.5 Å². The van der Waals surface area contributed by atoms with Gasteiger partial charge in [0.25, 0.3) is 0 Å². The average molecular weight is 809 g/mol. The molecule has 12 rings (SSSR count). The summed E-state index contributed by atoms with van der Waals surface area (Å²) in [4.78, 5) is 15.6. The molecule has 0 radical (unpaired) electrons. The molecule has 0 aliphatic heterocycles. The maximum absolute atomic E-state index is 5.27. The predicted octanol–water partition coefficient (Wildman–Crippen LogP) is 15.3. The zero-order valence-corrected chi connectivity index (χ0v) is 34.3. The summed E-state index contributed by atoms with van der Waals surface area (Å²) in [6, 6.07) is 77.5. The number of thiophene rings is 1. The third-order valence-corrected chi connectivity index (χ3v) is 13.1. The molecule has 4 nitrogen and oxygen atoms in total. The molecular weight excluding hydrogens is 773 g/mol. The van der Waals surface area contributed by atoms with Crippen molar-refractivity contribution in [2.75, 3.05) is 0 Å². The van der Waals surface area contributed by atoms with E-state index in [1.54, 1.807) is 0 Å². The Labute approximate surface area is 362 Å². The van der Waals surface area contributed by atoms with Crippen molar-refractivity contribution in [1.82, 2.24) is 19.5 Å². The molecule has 5 heteroatoms. The molecule has 9 aromatic carbocycles. The van der Waals surface area contributed by atoms with E-state index in [1.165, 1.54) is 47.6 Å². The molecule has 3 heterocycles. The number of benzene rings is 9. The van der Waals surface area contributed by atoms with Gasteiger partial charge in [-0.15, -0.1) is 11.3 Å². The molecule has 0 amide bonds. The van der Waals surface area contributed by atoms with Crippen LogP contribution in [0.1, 0.15) is 0 Å². The number of hydrogen-bond donors (Lipinski definition) is 0. The highest BCUT2D eigenvalue weighted by atomic mass is 32.1. The standard InChI is InChI=1S/C57H36N4S/c1-4-16-37(17-5-1)38-30-32-39(33-31-38)53-48(57-59-55(40-18-6-2-7-19-40)58-56(60-57)41-20-8-3-9-21-41)26-15-28-50(53)61-49-27-12-10-22-44(49)45-35-34-42(36-51(45)61)43-24-14-25-47-46-23-11-13-29-52(46)62-54(43)47/h1-36H. The van der Waals surface area contributed by atoms with E-state index in [4.69, 9.17) is 15.0 Å². The first kappa shape index (κ1) is 35.9. The van der Waals surface area contributed by atoms with E-state index in [0.29, 0.717) is 17.5 Å². The van der Waals surface area contributed by atoms with Crippen molar-refractivity contribution in [3.63, 3.8) is 0 Å². The topological polar surface area (TPSA) is 43.6 Å². The molecule has 3 aromatic heterocycles. The molecule has 12 aromatic rings. The quantitative estimate of drug-likeness (QED) is 0.161. The van der Waals surface area contributed by atoms with E-state index in [9.17, 15) is 0 Å². The van der Waals surface area contributed by atoms with Gasteiger partial charge in [-0.25, -0.2) is 15.0 Å². The lowest BCUT2D eigenvalue weighted by Crippen LogP contribution is -2.04. The number of aromatic nitrogens is 4. The lowest BCUT2D eigenvalue weighted by Gasteiger charge is -2.19. The second kappa shape index (κ2) is 14.9. The van der Waals surface area contributed by atoms with Crippen molar-refractivity contribution in [2.24, 2.45) is 0 Å². The number of nitrogens with zero attached hydrogens (tertiary/aromatic N) is 4. The Morgan fingerprint density at radius 1 is 0.323 bits per heavy atom. The third kappa shape index (κ3) is 6.09. The molecule has 0 saturated heterocycles. The minimum absolute atomic E-state index is 0.611. The fourth-order valence-corrected chi connectivity index (χ4v) is 10.2. The number of para-hydroxylation sites is 1. The van der Waals surface area contributed by atoms with Crippen LogP contribution in [-0.2, 0) is 0 Å². The Balaban J connectivity index is 1.14. The van der Waals surface area contributed by atoms with Gasteiger partial charge in [-0.2, -0.15) is 0 Å². The van der Waals surface area contributed by atoms with Crippen LogP contribution in [0.5, 0.6) is 0 Å². The van der Waals surface area contributed by atoms with Crippen molar-refractivity contribution >= 4 is 53.3 Å². The Hall–Kier alpha value is -7.99. The Morgan fingerprint density at radius 3 is 1.56 bits per heavy atom. The molecule has 0 bridgehead atoms. The van der Waals surface area contributed by atoms with E-state index >= 15 is 0 Å². The minimum Gasteiger partial charge on any atom is -0.309 e. The first-order chi connectivity index (χ1) is 30.7. The monoisotopic (exact) mass is 808 g/mol. The molecule has 0 atom stereocenters. The molecular formula is C57H36N4S. The van der Waals surface area contributed by atoms with Gasteiger partial charge in [0.15, 0.2) is 17.5 Å². The van der Waals surface area contributed by atoms with Crippen LogP contribution >= 0.6 is 11.3 Å². The minimum atomic E-state index is 0.611. The summed E-state index contributed by atoms with van der Waals surface area (Å²) in [6.07, 6.45) is 0. The lowest BCUT2D eigenvalue weighted by atomic mass is 9.94. The van der Waals surface area contributed by atoms with Crippen molar-refractivity contribution in [3.8, 4) is 73.2 Å². The van der Waals surface area contributed by atoms with Crippen molar-refractivity contribution in [3.05, 3.63) is 218 Å². The second-order valence-corrected chi connectivity index (χ2v) is 16.6. The number of fused-ring (bicyclic) bond motifs is 6. The van der Waals surface area contributed by atoms with E-state index in [2.05, 4.69) is 187 Å². The molecule has 0 aliphatic carbocycles. The summed E-state index contributed by atoms with van der Waals surface area (Å²) in [5.74, 6) is 1.86. The summed E-state index contributed by atoms with van der Waals surface area (Å²) < 4.78 is 5.05. The molecule has 0 saturated carbocycles. The maximum Gasteiger partial charge on any atom is 0.164 e. The first-order valence-electron chi connectivity index (χ1n) is 20.9. The Kier molecular flexibility index (Phi) is 8.65. The highest BCUT2D eigenvalue weighted by Crippen LogP contribution is 2.44. The maximum atomic E-state index is 5.27. The van der Waals surface area contributed by atoms with Gasteiger partial charge in [0.2, 0.25) is 0 Å². The van der Waals surface area contributed by atoms with Gasteiger partial charge < -0.3 is 4.57 Å². The normalized spacial score (nSPS) is 11.5. The summed E-state index contributed by atoms with van der Waals surface area (Å²) in [6.45, 7) is 0. The Bertz CT molecular complexity index is 3550. The average Bonchev–Trinajstić information content (AvgIpc) is 3.90. The lowest BCUT2D eigenvalue weighted by molar-refractivity contribution is 1.07. The molecule has 0 spiro atoms. The predicted molar refractivity (Wildman–Crippen MR) is 260 cm³/mol. The fraction of sp³-hybridized carbons (Fsp3) is 0. The van der Waals surface area contributed by atoms with Gasteiger partial charge >= 0.3 is 0 Å². The summed E-state index contributed by atoms with van der Waals surface area (Å²) >= 11 is 1.87. The van der Waals surface area contributed by atoms with Crippen LogP contribution in [0, 0.1) is 0 Å². The second-order valence-electron chi connectivity index (χ2n) is 15.5. The van der Waals surface area contributed by atoms with E-state index < -0.39 is 0 Å². The van der Waals surface area contributed by atoms with Crippen LogP contribution in [0.2, 0.25) is 0 Å². The van der Waals surface area contributed by atoms with Crippen molar-refractivity contribution < 1.29 is 0 Å². The van der Waals surface area contributed by atoms with Crippen LogP contribution in [0.25, 0.3) is 115 Å². The molecule has 0 N–H and O–H groups in total. The van der Waals surface area contributed by atoms with Gasteiger partial charge in [0.05, 0.1) is 16.7 Å². The van der Waals surface area contributed by atoms with Crippen LogP contribution in [0.4, 0.5) is 0 Å². The number of hydrogen-bond acceptors (Lipinski definition) is 4. The van der Waals surface area contributed by atoms with Crippen LogP contribution in [0.3, 0.4) is 0 Å². The zero-order valence-electron chi connectivity index (χ0n) is 33.5. The smallest absolute Gasteiger partial charge is 0.164 e. The molecule has 0 fully saturated rings. The van der Waals surface area contributed by atoms with Crippen molar-refractivity contribution in [1.29, 1.82) is 0 Å². The van der Waals surface area contributed by atoms with Gasteiger partial charge in [0.1, 0.15) is 0 Å². The third-order valence-electron chi connectivity index (χ3n) is 11.9. The summed E-state index contributed by atoms with van der Waals surface area (Å²) in [5.41, 5.74) is 12.9. The molecule has 62 heavy (non-hydrogen) atoms. The molecule has 0 aliphatic rings.